The van der Waals surface area contributed by atoms with E-state index in [2.05, 4.69) is 20.6 Å². The number of aromatic nitrogens is 2. The molecule has 2 amide bonds. The van der Waals surface area contributed by atoms with Crippen LogP contribution in [0.15, 0.2) is 73.1 Å². The number of fused-ring (bicyclic) bond motifs is 1. The Balaban J connectivity index is 1.43. The third-order valence-electron chi connectivity index (χ3n) is 4.31. The Morgan fingerprint density at radius 1 is 1.04 bits per heavy atom. The van der Waals surface area contributed by atoms with E-state index in [0.29, 0.717) is 11.3 Å². The van der Waals surface area contributed by atoms with Gasteiger partial charge in [-0.25, -0.2) is 14.2 Å². The maximum absolute atomic E-state index is 13.6. The lowest BCUT2D eigenvalue weighted by molar-refractivity contribution is 0.251. The number of H-pyrrole nitrogens is 1. The number of amides is 2. The van der Waals surface area contributed by atoms with Crippen molar-refractivity contribution in [2.75, 3.05) is 5.32 Å². The topological polar surface area (TPSA) is 69.8 Å². The number of rotatable bonds is 4. The van der Waals surface area contributed by atoms with Crippen molar-refractivity contribution in [2.45, 2.75) is 6.54 Å². The van der Waals surface area contributed by atoms with Gasteiger partial charge in [-0.2, -0.15) is 0 Å². The molecule has 6 heteroatoms. The Kier molecular flexibility index (Phi) is 4.53. The van der Waals surface area contributed by atoms with Crippen LogP contribution in [-0.2, 0) is 6.54 Å². The maximum Gasteiger partial charge on any atom is 0.319 e. The average Bonchev–Trinajstić information content (AvgIpc) is 3.17. The number of carbonyl (C=O) groups is 1. The van der Waals surface area contributed by atoms with Gasteiger partial charge in [0.05, 0.1) is 0 Å². The maximum atomic E-state index is 13.6. The van der Waals surface area contributed by atoms with Crippen LogP contribution in [0.25, 0.3) is 22.2 Å². The first kappa shape index (κ1) is 16.8. The van der Waals surface area contributed by atoms with Gasteiger partial charge in [-0.15, -0.1) is 0 Å². The highest BCUT2D eigenvalue weighted by Gasteiger charge is 2.07. The fourth-order valence-electron chi connectivity index (χ4n) is 2.94. The zero-order chi connectivity index (χ0) is 18.6. The largest absolute Gasteiger partial charge is 0.346 e. The van der Waals surface area contributed by atoms with Crippen LogP contribution in [0.1, 0.15) is 5.56 Å². The molecule has 2 aromatic heterocycles. The number of carbonyl (C=O) groups excluding carboxylic acids is 1. The van der Waals surface area contributed by atoms with Gasteiger partial charge in [0, 0.05) is 35.6 Å². The summed E-state index contributed by atoms with van der Waals surface area (Å²) in [5.74, 6) is -0.337. The number of urea groups is 1. The molecule has 0 aliphatic rings. The van der Waals surface area contributed by atoms with Crippen molar-refractivity contribution in [2.24, 2.45) is 0 Å². The molecule has 0 unspecified atom stereocenters. The molecule has 4 aromatic rings. The normalized spacial score (nSPS) is 10.7. The van der Waals surface area contributed by atoms with Crippen LogP contribution in [0.4, 0.5) is 14.9 Å². The van der Waals surface area contributed by atoms with Crippen LogP contribution in [-0.4, -0.2) is 16.0 Å². The predicted octanol–water partition coefficient (Wildman–Crippen LogP) is 4.69. The van der Waals surface area contributed by atoms with Gasteiger partial charge in [-0.3, -0.25) is 0 Å². The molecule has 0 bridgehead atoms. The highest BCUT2D eigenvalue weighted by molar-refractivity contribution is 5.94. The molecule has 0 aliphatic heterocycles. The molecule has 134 valence electrons. The molecule has 3 N–H and O–H groups in total. The molecule has 27 heavy (non-hydrogen) atoms. The molecule has 0 saturated carbocycles. The SMILES string of the molecule is O=C(NCc1ccccc1F)Nc1ccc(-c2ccnc3[nH]ccc23)cc1. The van der Waals surface area contributed by atoms with Gasteiger partial charge >= 0.3 is 6.03 Å². The smallest absolute Gasteiger partial charge is 0.319 e. The van der Waals surface area contributed by atoms with Crippen LogP contribution in [0, 0.1) is 5.82 Å². The van der Waals surface area contributed by atoms with Gasteiger partial charge in [0.1, 0.15) is 11.5 Å². The number of hydrogen-bond acceptors (Lipinski definition) is 2. The highest BCUT2D eigenvalue weighted by Crippen LogP contribution is 2.27. The Labute approximate surface area is 155 Å². The van der Waals surface area contributed by atoms with Crippen LogP contribution >= 0.6 is 0 Å². The van der Waals surface area contributed by atoms with Crippen LogP contribution in [0.3, 0.4) is 0 Å². The summed E-state index contributed by atoms with van der Waals surface area (Å²) in [5.41, 5.74) is 4.03. The number of anilines is 1. The molecule has 0 aliphatic carbocycles. The van der Waals surface area contributed by atoms with E-state index in [4.69, 9.17) is 0 Å². The fourth-order valence-corrected chi connectivity index (χ4v) is 2.94. The summed E-state index contributed by atoms with van der Waals surface area (Å²) in [4.78, 5) is 19.4. The molecule has 2 heterocycles. The summed E-state index contributed by atoms with van der Waals surface area (Å²) < 4.78 is 13.6. The number of aromatic amines is 1. The van der Waals surface area contributed by atoms with Crippen molar-refractivity contribution >= 4 is 22.8 Å². The zero-order valence-electron chi connectivity index (χ0n) is 14.4. The minimum Gasteiger partial charge on any atom is -0.346 e. The van der Waals surface area contributed by atoms with E-state index >= 15 is 0 Å². The van der Waals surface area contributed by atoms with Crippen molar-refractivity contribution in [3.8, 4) is 11.1 Å². The number of benzene rings is 2. The van der Waals surface area contributed by atoms with E-state index < -0.39 is 0 Å². The molecule has 2 aromatic carbocycles. The predicted molar refractivity (Wildman–Crippen MR) is 104 cm³/mol. The minimum atomic E-state index is -0.386. The Bertz CT molecular complexity index is 1090. The first-order valence-electron chi connectivity index (χ1n) is 8.51. The number of hydrogen-bond donors (Lipinski definition) is 3. The lowest BCUT2D eigenvalue weighted by Crippen LogP contribution is -2.28. The van der Waals surface area contributed by atoms with Gasteiger partial charge < -0.3 is 15.6 Å². The van der Waals surface area contributed by atoms with Gasteiger partial charge in [-0.1, -0.05) is 30.3 Å². The summed E-state index contributed by atoms with van der Waals surface area (Å²) in [6.45, 7) is 0.124. The molecule has 4 rings (SSSR count). The average molecular weight is 360 g/mol. The second kappa shape index (κ2) is 7.29. The molecule has 0 radical (unpaired) electrons. The number of halogens is 1. The van der Waals surface area contributed by atoms with Gasteiger partial charge in [-0.05, 0) is 41.5 Å². The molecule has 0 spiro atoms. The molecular formula is C21H17FN4O. The Morgan fingerprint density at radius 2 is 1.85 bits per heavy atom. The second-order valence-corrected chi connectivity index (χ2v) is 6.07. The highest BCUT2D eigenvalue weighted by atomic mass is 19.1. The first-order valence-corrected chi connectivity index (χ1v) is 8.51. The van der Waals surface area contributed by atoms with Crippen LogP contribution in [0.5, 0.6) is 0 Å². The van der Waals surface area contributed by atoms with Gasteiger partial charge in [0.25, 0.3) is 0 Å². The first-order chi connectivity index (χ1) is 13.2. The van der Waals surface area contributed by atoms with Crippen molar-refractivity contribution in [3.05, 3.63) is 84.4 Å². The van der Waals surface area contributed by atoms with E-state index in [9.17, 15) is 9.18 Å². The summed E-state index contributed by atoms with van der Waals surface area (Å²) in [5, 5.41) is 6.45. The lowest BCUT2D eigenvalue weighted by atomic mass is 10.0. The van der Waals surface area contributed by atoms with Crippen molar-refractivity contribution < 1.29 is 9.18 Å². The molecule has 0 saturated heterocycles. The Morgan fingerprint density at radius 3 is 2.67 bits per heavy atom. The van der Waals surface area contributed by atoms with Crippen molar-refractivity contribution in [1.29, 1.82) is 0 Å². The van der Waals surface area contributed by atoms with Crippen LogP contribution < -0.4 is 10.6 Å². The molecule has 5 nitrogen and oxygen atoms in total. The summed E-state index contributed by atoms with van der Waals surface area (Å²) in [7, 11) is 0. The lowest BCUT2D eigenvalue weighted by Gasteiger charge is -2.09. The standard InChI is InChI=1S/C21H17FN4O/c22-19-4-2-1-3-15(19)13-25-21(27)26-16-7-5-14(6-8-16)17-9-11-23-20-18(17)10-12-24-20/h1-12H,13H2,(H,23,24)(H2,25,26,27). The van der Waals surface area contributed by atoms with E-state index in [1.165, 1.54) is 6.07 Å². The quantitative estimate of drug-likeness (QED) is 0.494. The van der Waals surface area contributed by atoms with E-state index in [-0.39, 0.29) is 18.4 Å². The third kappa shape index (κ3) is 3.64. The van der Waals surface area contributed by atoms with E-state index in [1.54, 1.807) is 24.4 Å². The number of pyridine rings is 1. The molecule has 0 atom stereocenters. The van der Waals surface area contributed by atoms with Crippen molar-refractivity contribution in [3.63, 3.8) is 0 Å². The number of nitrogens with zero attached hydrogens (tertiary/aromatic N) is 1. The molecule has 0 fully saturated rings. The van der Waals surface area contributed by atoms with Crippen molar-refractivity contribution in [1.82, 2.24) is 15.3 Å². The van der Waals surface area contributed by atoms with Gasteiger partial charge in [0.15, 0.2) is 0 Å². The zero-order valence-corrected chi connectivity index (χ0v) is 14.4. The fraction of sp³-hybridized carbons (Fsp3) is 0.0476. The molecular weight excluding hydrogens is 343 g/mol. The second-order valence-electron chi connectivity index (χ2n) is 6.07. The summed E-state index contributed by atoms with van der Waals surface area (Å²) in [6, 6.07) is 17.5. The van der Waals surface area contributed by atoms with E-state index in [0.717, 1.165) is 22.2 Å². The Hall–Kier alpha value is -3.67. The minimum absolute atomic E-state index is 0.124. The van der Waals surface area contributed by atoms with E-state index in [1.807, 2.05) is 42.6 Å². The summed E-state index contributed by atoms with van der Waals surface area (Å²) in [6.07, 6.45) is 3.62. The van der Waals surface area contributed by atoms with Crippen LogP contribution in [0.2, 0.25) is 0 Å². The number of nitrogens with one attached hydrogen (secondary N) is 3. The monoisotopic (exact) mass is 360 g/mol. The summed E-state index contributed by atoms with van der Waals surface area (Å²) >= 11 is 0. The third-order valence-corrected chi connectivity index (χ3v) is 4.31. The van der Waals surface area contributed by atoms with Gasteiger partial charge in [0.2, 0.25) is 0 Å².